The van der Waals surface area contributed by atoms with E-state index in [0.29, 0.717) is 16.6 Å². The normalized spacial score (nSPS) is 25.5. The van der Waals surface area contributed by atoms with Gasteiger partial charge in [-0.2, -0.15) is 0 Å². The number of benzene rings is 1. The number of hydrogen-bond acceptors (Lipinski definition) is 5. The lowest BCUT2D eigenvalue weighted by Gasteiger charge is -2.45. The number of rotatable bonds is 8. The third-order valence-corrected chi connectivity index (χ3v) is 14.3. The molecule has 2 aliphatic rings. The lowest BCUT2D eigenvalue weighted by molar-refractivity contribution is -0.169. The SMILES string of the molecule is COC(=O)C1(C(=O)OC)C=C[C@@]2(C)[C@@H]1C(O[Si](C(C)C)(C(C)C)C(C)C)=C[C@H]2c1ccccc1. The maximum absolute atomic E-state index is 13.3. The monoisotopic (exact) mass is 484 g/mol. The molecular formula is C28H40O5Si. The molecule has 2 aliphatic carbocycles. The number of esters is 2. The molecule has 3 rings (SSSR count). The second-order valence-electron chi connectivity index (χ2n) is 10.9. The van der Waals surface area contributed by atoms with Gasteiger partial charge in [-0.1, -0.05) is 91.0 Å². The fraction of sp³-hybridized carbons (Fsp3) is 0.571. The third-order valence-electron chi connectivity index (χ3n) is 8.28. The van der Waals surface area contributed by atoms with E-state index in [0.717, 1.165) is 11.3 Å². The highest BCUT2D eigenvalue weighted by molar-refractivity contribution is 6.77. The predicted octanol–water partition coefficient (Wildman–Crippen LogP) is 6.38. The second-order valence-corrected chi connectivity index (χ2v) is 16.2. The first-order valence-electron chi connectivity index (χ1n) is 12.3. The summed E-state index contributed by atoms with van der Waals surface area (Å²) in [6, 6.07) is 10.2. The van der Waals surface area contributed by atoms with Gasteiger partial charge in [0.2, 0.25) is 0 Å². The average Bonchev–Trinajstić information content (AvgIpc) is 3.27. The summed E-state index contributed by atoms with van der Waals surface area (Å²) < 4.78 is 17.6. The van der Waals surface area contributed by atoms with Gasteiger partial charge >= 0.3 is 11.9 Å². The van der Waals surface area contributed by atoms with Crippen molar-refractivity contribution in [1.82, 2.24) is 0 Å². The predicted molar refractivity (Wildman–Crippen MR) is 137 cm³/mol. The molecule has 0 N–H and O–H groups in total. The molecule has 0 unspecified atom stereocenters. The molecule has 0 fully saturated rings. The van der Waals surface area contributed by atoms with Crippen molar-refractivity contribution in [2.45, 2.75) is 71.0 Å². The van der Waals surface area contributed by atoms with E-state index in [2.05, 4.69) is 66.7 Å². The van der Waals surface area contributed by atoms with E-state index in [1.165, 1.54) is 14.2 Å². The second kappa shape index (κ2) is 9.37. The molecule has 0 heterocycles. The summed E-state index contributed by atoms with van der Waals surface area (Å²) in [5, 5.41) is 0. The van der Waals surface area contributed by atoms with E-state index in [-0.39, 0.29) is 5.92 Å². The lowest BCUT2D eigenvalue weighted by atomic mass is 9.65. The van der Waals surface area contributed by atoms with Crippen LogP contribution in [0.5, 0.6) is 0 Å². The number of fused-ring (bicyclic) bond motifs is 1. The van der Waals surface area contributed by atoms with Crippen molar-refractivity contribution >= 4 is 20.3 Å². The first kappa shape index (κ1) is 26.3. The van der Waals surface area contributed by atoms with Crippen molar-refractivity contribution in [3.8, 4) is 0 Å². The summed E-state index contributed by atoms with van der Waals surface area (Å²) in [6.07, 6.45) is 5.85. The van der Waals surface area contributed by atoms with Gasteiger partial charge in [-0.05, 0) is 28.3 Å². The Morgan fingerprint density at radius 1 is 0.853 bits per heavy atom. The summed E-state index contributed by atoms with van der Waals surface area (Å²) in [5.41, 5.74) is 0.0130. The number of ether oxygens (including phenoxy) is 2. The molecule has 0 bridgehead atoms. The van der Waals surface area contributed by atoms with Crippen molar-refractivity contribution in [3.05, 3.63) is 59.9 Å². The van der Waals surface area contributed by atoms with Crippen LogP contribution in [0.4, 0.5) is 0 Å². The van der Waals surface area contributed by atoms with Gasteiger partial charge in [0, 0.05) is 11.3 Å². The van der Waals surface area contributed by atoms with Gasteiger partial charge in [0.1, 0.15) is 0 Å². The Bertz CT molecular complexity index is 940. The fourth-order valence-corrected chi connectivity index (χ4v) is 12.1. The summed E-state index contributed by atoms with van der Waals surface area (Å²) in [4.78, 5) is 26.7. The van der Waals surface area contributed by atoms with Gasteiger partial charge in [-0.15, -0.1) is 0 Å². The van der Waals surface area contributed by atoms with Crippen molar-refractivity contribution < 1.29 is 23.5 Å². The van der Waals surface area contributed by atoms with Crippen LogP contribution in [0.1, 0.15) is 59.9 Å². The molecule has 3 atom stereocenters. The van der Waals surface area contributed by atoms with Crippen LogP contribution in [0.3, 0.4) is 0 Å². The van der Waals surface area contributed by atoms with Gasteiger partial charge in [0.15, 0.2) is 5.41 Å². The molecule has 0 amide bonds. The quantitative estimate of drug-likeness (QED) is 0.185. The molecule has 1 aromatic rings. The largest absolute Gasteiger partial charge is 0.546 e. The molecule has 0 saturated carbocycles. The van der Waals surface area contributed by atoms with Crippen LogP contribution in [0.15, 0.2) is 54.3 Å². The number of hydrogen-bond donors (Lipinski definition) is 0. The van der Waals surface area contributed by atoms with Crippen molar-refractivity contribution in [2.24, 2.45) is 16.7 Å². The summed E-state index contributed by atoms with van der Waals surface area (Å²) in [6.45, 7) is 15.5. The van der Waals surface area contributed by atoms with Gasteiger partial charge in [-0.25, -0.2) is 0 Å². The van der Waals surface area contributed by atoms with Gasteiger partial charge in [0.25, 0.3) is 8.32 Å². The Balaban J connectivity index is 2.27. The Hall–Kier alpha value is -2.34. The zero-order chi connectivity index (χ0) is 25.5. The molecule has 0 spiro atoms. The van der Waals surface area contributed by atoms with E-state index in [1.807, 2.05) is 24.3 Å². The van der Waals surface area contributed by atoms with E-state index in [9.17, 15) is 9.59 Å². The molecule has 186 valence electrons. The highest BCUT2D eigenvalue weighted by Crippen LogP contribution is 2.65. The van der Waals surface area contributed by atoms with Crippen LogP contribution in [0.25, 0.3) is 0 Å². The number of allylic oxidation sites excluding steroid dienone is 3. The van der Waals surface area contributed by atoms with Crippen molar-refractivity contribution in [3.63, 3.8) is 0 Å². The number of carbonyl (C=O) groups excluding carboxylic acids is 2. The zero-order valence-corrected chi connectivity index (χ0v) is 23.0. The smallest absolute Gasteiger partial charge is 0.327 e. The number of methoxy groups -OCH3 is 2. The minimum Gasteiger partial charge on any atom is -0.546 e. The molecule has 0 aromatic heterocycles. The topological polar surface area (TPSA) is 61.8 Å². The molecule has 1 aromatic carbocycles. The van der Waals surface area contributed by atoms with Crippen LogP contribution in [-0.4, -0.2) is 34.5 Å². The van der Waals surface area contributed by atoms with Crippen LogP contribution in [-0.2, 0) is 23.5 Å². The third kappa shape index (κ3) is 3.65. The summed E-state index contributed by atoms with van der Waals surface area (Å²) >= 11 is 0. The van der Waals surface area contributed by atoms with Gasteiger partial charge in [0.05, 0.1) is 25.9 Å². The van der Waals surface area contributed by atoms with Crippen molar-refractivity contribution in [2.75, 3.05) is 14.2 Å². The average molecular weight is 485 g/mol. The van der Waals surface area contributed by atoms with E-state index >= 15 is 0 Å². The van der Waals surface area contributed by atoms with Gasteiger partial charge in [-0.3, -0.25) is 9.59 Å². The van der Waals surface area contributed by atoms with Crippen LogP contribution >= 0.6 is 0 Å². The summed E-state index contributed by atoms with van der Waals surface area (Å²) in [5.74, 6) is -1.11. The highest BCUT2D eigenvalue weighted by Gasteiger charge is 2.68. The molecular weight excluding hydrogens is 444 g/mol. The Morgan fingerprint density at radius 3 is 1.79 bits per heavy atom. The van der Waals surface area contributed by atoms with Gasteiger partial charge < -0.3 is 13.9 Å². The molecule has 0 aliphatic heterocycles. The Kier molecular flexibility index (Phi) is 7.23. The number of carbonyl (C=O) groups is 2. The molecule has 6 heteroatoms. The summed E-state index contributed by atoms with van der Waals surface area (Å²) in [7, 11) is 0.270. The first-order chi connectivity index (χ1) is 15.9. The lowest BCUT2D eigenvalue weighted by Crippen LogP contribution is -2.52. The maximum Gasteiger partial charge on any atom is 0.327 e. The minimum atomic E-state index is -2.37. The Labute approximate surface area is 205 Å². The van der Waals surface area contributed by atoms with Crippen molar-refractivity contribution in [1.29, 1.82) is 0 Å². The molecule has 0 radical (unpaired) electrons. The minimum absolute atomic E-state index is 0.0562. The van der Waals surface area contributed by atoms with Crippen LogP contribution < -0.4 is 0 Å². The highest BCUT2D eigenvalue weighted by atomic mass is 28.4. The standard InChI is InChI=1S/C28H40O5Si/c1-18(2)34(19(3)4,20(5)6)33-23-17-22(21-13-11-10-12-14-21)27(7)15-16-28(24(23)27,25(29)31-8)26(30)32-9/h10-20,22,24H,1-9H3/t22-,24-,27+/m0/s1. The maximum atomic E-state index is 13.3. The van der Waals surface area contributed by atoms with Crippen LogP contribution in [0.2, 0.25) is 16.6 Å². The Morgan fingerprint density at radius 2 is 1.35 bits per heavy atom. The van der Waals surface area contributed by atoms with E-state index in [1.54, 1.807) is 6.08 Å². The fourth-order valence-electron chi connectivity index (χ4n) is 6.81. The van der Waals surface area contributed by atoms with Crippen LogP contribution in [0, 0.1) is 16.7 Å². The molecule has 5 nitrogen and oxygen atoms in total. The van der Waals surface area contributed by atoms with E-state index in [4.69, 9.17) is 13.9 Å². The molecule has 34 heavy (non-hydrogen) atoms. The molecule has 0 saturated heterocycles. The zero-order valence-electron chi connectivity index (χ0n) is 22.0. The van der Waals surface area contributed by atoms with E-state index < -0.39 is 37.0 Å². The first-order valence-corrected chi connectivity index (χ1v) is 14.4.